The van der Waals surface area contributed by atoms with Crippen molar-refractivity contribution in [1.29, 1.82) is 0 Å². The van der Waals surface area contributed by atoms with Crippen molar-refractivity contribution >= 4 is 21.6 Å². The van der Waals surface area contributed by atoms with E-state index in [2.05, 4.69) is 52.1 Å². The Labute approximate surface area is 130 Å². The van der Waals surface area contributed by atoms with E-state index >= 15 is 0 Å². The summed E-state index contributed by atoms with van der Waals surface area (Å²) in [5, 5.41) is 3.65. The first-order chi connectivity index (χ1) is 9.60. The highest BCUT2D eigenvalue weighted by Crippen LogP contribution is 2.29. The van der Waals surface area contributed by atoms with Crippen LogP contribution in [-0.2, 0) is 0 Å². The van der Waals surface area contributed by atoms with Crippen molar-refractivity contribution in [3.05, 3.63) is 22.7 Å². The first-order valence-corrected chi connectivity index (χ1v) is 8.23. The fraction of sp³-hybridized carbons (Fsp3) is 0.625. The molecular formula is C16H25BrN2O. The molecule has 1 aromatic carbocycles. The quantitative estimate of drug-likeness (QED) is 0.891. The largest absolute Gasteiger partial charge is 0.495 e. The number of nitrogens with one attached hydrogen (secondary N) is 1. The van der Waals surface area contributed by atoms with E-state index in [1.54, 1.807) is 7.11 Å². The first-order valence-electron chi connectivity index (χ1n) is 7.44. The molecule has 1 atom stereocenters. The second-order valence-corrected chi connectivity index (χ2v) is 6.61. The lowest BCUT2D eigenvalue weighted by atomic mass is 10.1. The average molecular weight is 341 g/mol. The Balaban J connectivity index is 1.96. The summed E-state index contributed by atoms with van der Waals surface area (Å²) in [6.45, 7) is 6.98. The number of hydrogen-bond acceptors (Lipinski definition) is 3. The number of ether oxygens (including phenoxy) is 1. The Hall–Kier alpha value is -0.740. The van der Waals surface area contributed by atoms with Gasteiger partial charge in [-0.2, -0.15) is 0 Å². The van der Waals surface area contributed by atoms with Crippen LogP contribution in [0.3, 0.4) is 0 Å². The first kappa shape index (κ1) is 15.6. The standard InChI is InChI=1S/C16H25BrN2O/c1-12(2)19-9-4-5-13(8-10-19)18-14-6-7-15(17)16(11-14)20-3/h6-7,11-13,18H,4-5,8-10H2,1-3H3. The predicted molar refractivity (Wildman–Crippen MR) is 88.7 cm³/mol. The zero-order chi connectivity index (χ0) is 14.5. The second kappa shape index (κ2) is 7.32. The zero-order valence-electron chi connectivity index (χ0n) is 12.7. The number of anilines is 1. The number of rotatable bonds is 4. The van der Waals surface area contributed by atoms with E-state index in [0.717, 1.165) is 15.9 Å². The van der Waals surface area contributed by atoms with Gasteiger partial charge in [-0.3, -0.25) is 0 Å². The van der Waals surface area contributed by atoms with Crippen molar-refractivity contribution in [1.82, 2.24) is 4.90 Å². The summed E-state index contributed by atoms with van der Waals surface area (Å²) < 4.78 is 6.35. The molecule has 1 fully saturated rings. The van der Waals surface area contributed by atoms with Gasteiger partial charge < -0.3 is 15.0 Å². The molecule has 0 spiro atoms. The van der Waals surface area contributed by atoms with Crippen molar-refractivity contribution in [2.75, 3.05) is 25.5 Å². The molecule has 0 bridgehead atoms. The molecular weight excluding hydrogens is 316 g/mol. The van der Waals surface area contributed by atoms with Crippen molar-refractivity contribution in [2.45, 2.75) is 45.2 Å². The predicted octanol–water partition coefficient (Wildman–Crippen LogP) is 4.13. The van der Waals surface area contributed by atoms with Gasteiger partial charge in [-0.15, -0.1) is 0 Å². The summed E-state index contributed by atoms with van der Waals surface area (Å²) in [7, 11) is 1.70. The SMILES string of the molecule is COc1cc(NC2CCCN(C(C)C)CC2)ccc1Br. The average Bonchev–Trinajstić information content (AvgIpc) is 2.66. The monoisotopic (exact) mass is 340 g/mol. The molecule has 112 valence electrons. The van der Waals surface area contributed by atoms with Crippen LogP contribution in [0.2, 0.25) is 0 Å². The molecule has 1 N–H and O–H groups in total. The topological polar surface area (TPSA) is 24.5 Å². The van der Waals surface area contributed by atoms with Crippen LogP contribution in [0, 0.1) is 0 Å². The molecule has 1 saturated heterocycles. The normalized spacial score (nSPS) is 20.8. The summed E-state index contributed by atoms with van der Waals surface area (Å²) in [5.41, 5.74) is 1.15. The van der Waals surface area contributed by atoms with E-state index in [-0.39, 0.29) is 0 Å². The molecule has 0 aromatic heterocycles. The molecule has 1 aliphatic rings. The van der Waals surface area contributed by atoms with Crippen LogP contribution < -0.4 is 10.1 Å². The molecule has 1 unspecified atom stereocenters. The van der Waals surface area contributed by atoms with Crippen LogP contribution in [0.5, 0.6) is 5.75 Å². The van der Waals surface area contributed by atoms with Crippen LogP contribution in [-0.4, -0.2) is 37.2 Å². The number of halogens is 1. The van der Waals surface area contributed by atoms with Gasteiger partial charge >= 0.3 is 0 Å². The molecule has 0 radical (unpaired) electrons. The van der Waals surface area contributed by atoms with Crippen LogP contribution >= 0.6 is 15.9 Å². The maximum atomic E-state index is 5.35. The Kier molecular flexibility index (Phi) is 5.73. The molecule has 0 aliphatic carbocycles. The Morgan fingerprint density at radius 1 is 1.30 bits per heavy atom. The smallest absolute Gasteiger partial charge is 0.135 e. The lowest BCUT2D eigenvalue weighted by Crippen LogP contribution is -2.32. The van der Waals surface area contributed by atoms with E-state index in [0.29, 0.717) is 12.1 Å². The van der Waals surface area contributed by atoms with E-state index < -0.39 is 0 Å². The van der Waals surface area contributed by atoms with Gasteiger partial charge in [0.2, 0.25) is 0 Å². The van der Waals surface area contributed by atoms with E-state index in [4.69, 9.17) is 4.74 Å². The Morgan fingerprint density at radius 2 is 2.10 bits per heavy atom. The molecule has 0 saturated carbocycles. The summed E-state index contributed by atoms with van der Waals surface area (Å²) >= 11 is 3.49. The minimum absolute atomic E-state index is 0.560. The third kappa shape index (κ3) is 4.13. The van der Waals surface area contributed by atoms with Crippen molar-refractivity contribution in [3.8, 4) is 5.75 Å². The molecule has 1 aliphatic heterocycles. The second-order valence-electron chi connectivity index (χ2n) is 5.75. The lowest BCUT2D eigenvalue weighted by Gasteiger charge is -2.24. The highest BCUT2D eigenvalue weighted by atomic mass is 79.9. The lowest BCUT2D eigenvalue weighted by molar-refractivity contribution is 0.230. The van der Waals surface area contributed by atoms with Gasteiger partial charge in [-0.05, 0) is 67.7 Å². The Bertz CT molecular complexity index is 436. The van der Waals surface area contributed by atoms with Gasteiger partial charge in [0.1, 0.15) is 5.75 Å². The number of nitrogens with zero attached hydrogens (tertiary/aromatic N) is 1. The Morgan fingerprint density at radius 3 is 2.80 bits per heavy atom. The van der Waals surface area contributed by atoms with Gasteiger partial charge in [-0.1, -0.05) is 0 Å². The molecule has 2 rings (SSSR count). The fourth-order valence-electron chi connectivity index (χ4n) is 2.76. The van der Waals surface area contributed by atoms with Crippen LogP contribution in [0.4, 0.5) is 5.69 Å². The molecule has 1 aromatic rings. The minimum Gasteiger partial charge on any atom is -0.495 e. The van der Waals surface area contributed by atoms with Gasteiger partial charge in [-0.25, -0.2) is 0 Å². The van der Waals surface area contributed by atoms with Crippen molar-refractivity contribution in [2.24, 2.45) is 0 Å². The summed E-state index contributed by atoms with van der Waals surface area (Å²) in [6, 6.07) is 7.43. The third-order valence-electron chi connectivity index (χ3n) is 4.01. The minimum atomic E-state index is 0.560. The number of methoxy groups -OCH3 is 1. The molecule has 20 heavy (non-hydrogen) atoms. The number of hydrogen-bond donors (Lipinski definition) is 1. The van der Waals surface area contributed by atoms with Gasteiger partial charge in [0.25, 0.3) is 0 Å². The molecule has 3 nitrogen and oxygen atoms in total. The van der Waals surface area contributed by atoms with E-state index in [9.17, 15) is 0 Å². The highest BCUT2D eigenvalue weighted by molar-refractivity contribution is 9.10. The van der Waals surface area contributed by atoms with Crippen LogP contribution in [0.25, 0.3) is 0 Å². The molecule has 1 heterocycles. The van der Waals surface area contributed by atoms with E-state index in [1.807, 2.05) is 6.07 Å². The number of likely N-dealkylation sites (tertiary alicyclic amines) is 1. The zero-order valence-corrected chi connectivity index (χ0v) is 14.2. The van der Waals surface area contributed by atoms with Crippen molar-refractivity contribution in [3.63, 3.8) is 0 Å². The summed E-state index contributed by atoms with van der Waals surface area (Å²) in [4.78, 5) is 2.57. The van der Waals surface area contributed by atoms with Crippen LogP contribution in [0.1, 0.15) is 33.1 Å². The number of benzene rings is 1. The van der Waals surface area contributed by atoms with Gasteiger partial charge in [0.05, 0.1) is 11.6 Å². The van der Waals surface area contributed by atoms with Crippen LogP contribution in [0.15, 0.2) is 22.7 Å². The highest BCUT2D eigenvalue weighted by Gasteiger charge is 2.18. The van der Waals surface area contributed by atoms with Crippen molar-refractivity contribution < 1.29 is 4.74 Å². The molecule has 0 amide bonds. The summed E-state index contributed by atoms with van der Waals surface area (Å²) in [6.07, 6.45) is 3.71. The third-order valence-corrected chi connectivity index (χ3v) is 4.67. The van der Waals surface area contributed by atoms with Gasteiger partial charge in [0.15, 0.2) is 0 Å². The van der Waals surface area contributed by atoms with Gasteiger partial charge in [0, 0.05) is 30.4 Å². The molecule has 4 heteroatoms. The maximum Gasteiger partial charge on any atom is 0.135 e. The summed E-state index contributed by atoms with van der Waals surface area (Å²) in [5.74, 6) is 0.882. The fourth-order valence-corrected chi connectivity index (χ4v) is 3.17. The maximum absolute atomic E-state index is 5.35. The van der Waals surface area contributed by atoms with E-state index in [1.165, 1.54) is 32.4 Å².